The highest BCUT2D eigenvalue weighted by Gasteiger charge is 2.28. The van der Waals surface area contributed by atoms with Crippen molar-refractivity contribution in [2.24, 2.45) is 0 Å². The number of esters is 3. The molecule has 0 rings (SSSR count). The summed E-state index contributed by atoms with van der Waals surface area (Å²) in [6.07, 6.45) is 65.7. The van der Waals surface area contributed by atoms with Gasteiger partial charge < -0.3 is 24.2 Å². The first-order valence-electron chi connectivity index (χ1n) is 27.1. The van der Waals surface area contributed by atoms with Gasteiger partial charge in [0.25, 0.3) is 0 Å². The predicted octanol–water partition coefficient (Wildman–Crippen LogP) is 15.8. The smallest absolute Gasteiger partial charge is 0.462 e. The van der Waals surface area contributed by atoms with Crippen LogP contribution in [-0.4, -0.2) is 66.5 Å². The van der Waals surface area contributed by atoms with Crippen LogP contribution in [0.15, 0.2) is 134 Å². The number of allylic oxidation sites excluding steroid dienone is 22. The van der Waals surface area contributed by atoms with Gasteiger partial charge in [0.15, 0.2) is 6.10 Å². The van der Waals surface area contributed by atoms with Crippen molar-refractivity contribution in [3.63, 3.8) is 0 Å². The molecule has 0 fully saturated rings. The van der Waals surface area contributed by atoms with E-state index in [1.807, 2.05) is 0 Å². The first kappa shape index (κ1) is 67.6. The zero-order chi connectivity index (χ0) is 52.7. The van der Waals surface area contributed by atoms with Crippen LogP contribution in [-0.2, 0) is 42.2 Å². The molecule has 72 heavy (non-hydrogen) atoms. The number of carbonyl (C=O) groups is 3. The summed E-state index contributed by atoms with van der Waals surface area (Å²) in [6.45, 7) is 4.15. The van der Waals surface area contributed by atoms with Gasteiger partial charge in [-0.25, -0.2) is 4.57 Å². The normalized spacial score (nSPS) is 14.5. The molecule has 0 aliphatic carbocycles. The average molecular weight is 1020 g/mol. The second-order valence-corrected chi connectivity index (χ2v) is 18.7. The highest BCUT2D eigenvalue weighted by Crippen LogP contribution is 2.43. The van der Waals surface area contributed by atoms with E-state index in [2.05, 4.69) is 154 Å². The molecule has 0 aromatic carbocycles. The maximum absolute atomic E-state index is 12.9. The number of aliphatic hydroxyl groups is 1. The molecule has 0 radical (unpaired) electrons. The molecule has 0 aromatic heterocycles. The van der Waals surface area contributed by atoms with Gasteiger partial charge in [0.1, 0.15) is 12.7 Å². The number of phosphoric acid groups is 1. The van der Waals surface area contributed by atoms with Crippen LogP contribution in [0.1, 0.15) is 188 Å². The predicted molar refractivity (Wildman–Crippen MR) is 297 cm³/mol. The lowest BCUT2D eigenvalue weighted by atomic mass is 10.1. The van der Waals surface area contributed by atoms with Crippen LogP contribution < -0.4 is 0 Å². The van der Waals surface area contributed by atoms with Crippen LogP contribution in [0.25, 0.3) is 0 Å². The summed E-state index contributed by atoms with van der Waals surface area (Å²) in [7, 11) is -4.78. The quantitative estimate of drug-likeness (QED) is 0.0197. The molecule has 0 spiro atoms. The Morgan fingerprint density at radius 2 is 0.681 bits per heavy atom. The lowest BCUT2D eigenvalue weighted by molar-refractivity contribution is -0.161. The molecule has 0 bridgehead atoms. The molecule has 11 nitrogen and oxygen atoms in total. The molecule has 3 atom stereocenters. The molecule has 0 aromatic rings. The third-order valence-corrected chi connectivity index (χ3v) is 11.5. The third kappa shape index (κ3) is 50.6. The number of unbranched alkanes of at least 4 members (excludes halogenated alkanes) is 9. The zero-order valence-electron chi connectivity index (χ0n) is 44.6. The average Bonchev–Trinajstić information content (AvgIpc) is 3.37. The lowest BCUT2D eigenvalue weighted by Crippen LogP contribution is -2.30. The number of carbonyl (C=O) groups excluding carboxylic acids is 3. The Morgan fingerprint density at radius 1 is 0.389 bits per heavy atom. The molecule has 2 N–H and O–H groups in total. The SMILES string of the molecule is CC/C=C\C/C=C\C/C=C\C/C=C\CCCCCCC(=O)OCC(COP(=O)(O)OCC(CO)OC(=O)CCCCC/C=C\C/C=C\C/C=C\CC)OC(=O)CCCC/C=C\C/C=C\C/C=C\C/C=C\CC. The minimum atomic E-state index is -4.78. The van der Waals surface area contributed by atoms with E-state index in [4.69, 9.17) is 23.3 Å². The summed E-state index contributed by atoms with van der Waals surface area (Å²) >= 11 is 0. The number of ether oxygens (including phenoxy) is 3. The van der Waals surface area contributed by atoms with Crippen molar-refractivity contribution >= 4 is 25.7 Å². The van der Waals surface area contributed by atoms with E-state index in [-0.39, 0.29) is 25.9 Å². The van der Waals surface area contributed by atoms with Crippen LogP contribution in [0.2, 0.25) is 0 Å². The second kappa shape index (κ2) is 52.9. The summed E-state index contributed by atoms with van der Waals surface area (Å²) in [5.74, 6) is -1.59. The van der Waals surface area contributed by atoms with E-state index in [9.17, 15) is 28.9 Å². The highest BCUT2D eigenvalue weighted by atomic mass is 31.2. The number of hydrogen-bond acceptors (Lipinski definition) is 10. The Labute approximate surface area is 436 Å². The van der Waals surface area contributed by atoms with Gasteiger partial charge in [0.05, 0.1) is 19.8 Å². The topological polar surface area (TPSA) is 155 Å². The lowest BCUT2D eigenvalue weighted by Gasteiger charge is -2.21. The van der Waals surface area contributed by atoms with Crippen LogP contribution in [0, 0.1) is 0 Å². The summed E-state index contributed by atoms with van der Waals surface area (Å²) in [5, 5.41) is 9.78. The fourth-order valence-electron chi connectivity index (χ4n) is 6.53. The molecule has 0 aliphatic heterocycles. The van der Waals surface area contributed by atoms with Crippen molar-refractivity contribution in [1.82, 2.24) is 0 Å². The Hall–Kier alpha value is -4.38. The molecule has 3 unspecified atom stereocenters. The van der Waals surface area contributed by atoms with E-state index >= 15 is 0 Å². The first-order chi connectivity index (χ1) is 35.2. The Balaban J connectivity index is 4.89. The van der Waals surface area contributed by atoms with Gasteiger partial charge in [-0.1, -0.05) is 174 Å². The minimum absolute atomic E-state index is 0.0994. The van der Waals surface area contributed by atoms with Crippen LogP contribution in [0.5, 0.6) is 0 Å². The standard InChI is InChI=1S/C60H95O11P/c1-4-7-10-13-16-19-22-25-27-28-30-32-34-37-40-43-46-49-58(62)67-53-57(71-60(64)51-48-45-42-39-36-33-29-26-23-20-17-14-11-8-5-2)55-69-72(65,66)68-54-56(52-61)70-59(63)50-47-44-41-38-35-31-24-21-18-15-12-9-6-3/h7-12,16-21,25-27,29-32,35-36,39,56-57,61H,4-6,13-15,22-24,28,33-34,37-38,40-55H2,1-3H3,(H,65,66)/b10-7-,11-8-,12-9-,19-16-,20-17-,21-18-,27-25-,29-26-,32-30-,35-31-,39-36-. The molecule has 0 amide bonds. The van der Waals surface area contributed by atoms with Gasteiger partial charge in [0.2, 0.25) is 0 Å². The van der Waals surface area contributed by atoms with Crippen molar-refractivity contribution in [2.45, 2.75) is 200 Å². The van der Waals surface area contributed by atoms with Gasteiger partial charge in [-0.05, 0) is 128 Å². The monoisotopic (exact) mass is 1020 g/mol. The third-order valence-electron chi connectivity index (χ3n) is 10.6. The molecular formula is C60H95O11P. The van der Waals surface area contributed by atoms with E-state index < -0.39 is 57.8 Å². The van der Waals surface area contributed by atoms with Crippen molar-refractivity contribution in [2.75, 3.05) is 26.4 Å². The summed E-state index contributed by atoms with van der Waals surface area (Å²) < 4.78 is 39.3. The van der Waals surface area contributed by atoms with E-state index in [1.165, 1.54) is 0 Å². The molecule has 12 heteroatoms. The maximum atomic E-state index is 12.9. The van der Waals surface area contributed by atoms with E-state index in [1.54, 1.807) is 0 Å². The summed E-state index contributed by atoms with van der Waals surface area (Å²) in [4.78, 5) is 48.4. The Kier molecular flexibility index (Phi) is 49.7. The second-order valence-electron chi connectivity index (χ2n) is 17.2. The molecule has 0 saturated carbocycles. The number of phosphoric ester groups is 1. The fourth-order valence-corrected chi connectivity index (χ4v) is 7.31. The molecular weight excluding hydrogens is 928 g/mol. The van der Waals surface area contributed by atoms with E-state index in [0.29, 0.717) is 19.3 Å². The van der Waals surface area contributed by atoms with Crippen molar-refractivity contribution in [1.29, 1.82) is 0 Å². The highest BCUT2D eigenvalue weighted by molar-refractivity contribution is 7.47. The number of rotatable bonds is 48. The number of aliphatic hydroxyl groups excluding tert-OH is 1. The largest absolute Gasteiger partial charge is 0.472 e. The van der Waals surface area contributed by atoms with Gasteiger partial charge in [-0.2, -0.15) is 0 Å². The van der Waals surface area contributed by atoms with Crippen molar-refractivity contribution in [3.8, 4) is 0 Å². The van der Waals surface area contributed by atoms with E-state index in [0.717, 1.165) is 128 Å². The zero-order valence-corrected chi connectivity index (χ0v) is 45.5. The van der Waals surface area contributed by atoms with Crippen LogP contribution in [0.4, 0.5) is 0 Å². The summed E-state index contributed by atoms with van der Waals surface area (Å²) in [5.41, 5.74) is 0. The number of hydrogen-bond donors (Lipinski definition) is 2. The Bertz CT molecular complexity index is 1710. The van der Waals surface area contributed by atoms with Gasteiger partial charge in [0, 0.05) is 19.3 Å². The van der Waals surface area contributed by atoms with Gasteiger partial charge in [-0.15, -0.1) is 0 Å². The van der Waals surface area contributed by atoms with Crippen LogP contribution >= 0.6 is 7.82 Å². The minimum Gasteiger partial charge on any atom is -0.462 e. The van der Waals surface area contributed by atoms with Gasteiger partial charge in [-0.3, -0.25) is 23.4 Å². The molecule has 0 saturated heterocycles. The molecule has 0 aliphatic rings. The molecule has 0 heterocycles. The maximum Gasteiger partial charge on any atom is 0.472 e. The summed E-state index contributed by atoms with van der Waals surface area (Å²) in [6, 6.07) is 0. The van der Waals surface area contributed by atoms with Crippen molar-refractivity contribution < 1.29 is 52.2 Å². The molecule has 406 valence electrons. The van der Waals surface area contributed by atoms with Gasteiger partial charge >= 0.3 is 25.7 Å². The fraction of sp³-hybridized carbons (Fsp3) is 0.583. The Morgan fingerprint density at radius 3 is 1.07 bits per heavy atom. The van der Waals surface area contributed by atoms with Crippen LogP contribution in [0.3, 0.4) is 0 Å². The van der Waals surface area contributed by atoms with Crippen molar-refractivity contribution in [3.05, 3.63) is 134 Å². The first-order valence-corrected chi connectivity index (χ1v) is 28.6.